The second-order valence-electron chi connectivity index (χ2n) is 4.27. The quantitative estimate of drug-likeness (QED) is 0.873. The number of hydrogen-bond acceptors (Lipinski definition) is 5. The van der Waals surface area contributed by atoms with Crippen LogP contribution >= 0.6 is 11.3 Å². The zero-order valence-corrected chi connectivity index (χ0v) is 10.5. The Hall–Kier alpha value is -1.30. The molecule has 17 heavy (non-hydrogen) atoms. The summed E-state index contributed by atoms with van der Waals surface area (Å²) in [6.45, 7) is 3.32. The average Bonchev–Trinajstić information content (AvgIpc) is 2.76. The maximum atomic E-state index is 9.89. The van der Waals surface area contributed by atoms with E-state index < -0.39 is 5.60 Å². The minimum atomic E-state index is -0.965. The third-order valence-electron chi connectivity index (χ3n) is 2.31. The van der Waals surface area contributed by atoms with Crippen LogP contribution in [0.1, 0.15) is 25.2 Å². The van der Waals surface area contributed by atoms with Gasteiger partial charge in [-0.25, -0.2) is 9.97 Å². The summed E-state index contributed by atoms with van der Waals surface area (Å²) in [6.07, 6.45) is 0. The molecule has 0 spiro atoms. The van der Waals surface area contributed by atoms with E-state index in [0.29, 0.717) is 17.1 Å². The Balaban J connectivity index is 2.39. The van der Waals surface area contributed by atoms with Gasteiger partial charge in [0.25, 0.3) is 0 Å². The summed E-state index contributed by atoms with van der Waals surface area (Å²) in [7, 11) is 0. The van der Waals surface area contributed by atoms with E-state index in [1.165, 1.54) is 11.3 Å². The van der Waals surface area contributed by atoms with Gasteiger partial charge in [0.15, 0.2) is 0 Å². The molecule has 0 aliphatic rings. The van der Waals surface area contributed by atoms with Gasteiger partial charge in [-0.15, -0.1) is 11.3 Å². The highest BCUT2D eigenvalue weighted by molar-refractivity contribution is 7.13. The van der Waals surface area contributed by atoms with Crippen molar-refractivity contribution >= 4 is 11.3 Å². The van der Waals surface area contributed by atoms with Gasteiger partial charge in [-0.2, -0.15) is 0 Å². The molecule has 0 fully saturated rings. The summed E-state index contributed by atoms with van der Waals surface area (Å²) < 4.78 is 0. The van der Waals surface area contributed by atoms with Crippen molar-refractivity contribution < 1.29 is 10.2 Å². The first-order chi connectivity index (χ1) is 8.00. The van der Waals surface area contributed by atoms with E-state index in [1.54, 1.807) is 25.3 Å². The van der Waals surface area contributed by atoms with Gasteiger partial charge in [0, 0.05) is 5.38 Å². The third kappa shape index (κ3) is 2.69. The lowest BCUT2D eigenvalue weighted by atomic mass is 10.0. The van der Waals surface area contributed by atoms with Gasteiger partial charge < -0.3 is 10.2 Å². The molecule has 0 radical (unpaired) electrons. The van der Waals surface area contributed by atoms with Crippen LogP contribution < -0.4 is 0 Å². The number of thiazole rings is 1. The number of hydrogen-bond donors (Lipinski definition) is 2. The Morgan fingerprint density at radius 3 is 2.65 bits per heavy atom. The van der Waals surface area contributed by atoms with Crippen molar-refractivity contribution in [1.29, 1.82) is 0 Å². The summed E-state index contributed by atoms with van der Waals surface area (Å²) in [5.74, 6) is 0. The lowest BCUT2D eigenvalue weighted by molar-refractivity contribution is 0.0740. The average molecular weight is 250 g/mol. The lowest BCUT2D eigenvalue weighted by Crippen LogP contribution is -2.17. The molecule has 90 valence electrons. The van der Waals surface area contributed by atoms with Crippen molar-refractivity contribution in [2.75, 3.05) is 0 Å². The van der Waals surface area contributed by atoms with Crippen LogP contribution in [-0.2, 0) is 12.2 Å². The molecule has 0 aliphatic carbocycles. The molecule has 0 aliphatic heterocycles. The summed E-state index contributed by atoms with van der Waals surface area (Å²) in [5, 5.41) is 21.4. The molecule has 0 aromatic carbocycles. The maximum Gasteiger partial charge on any atom is 0.142 e. The highest BCUT2D eigenvalue weighted by atomic mass is 32.1. The Labute approximate surface area is 104 Å². The summed E-state index contributed by atoms with van der Waals surface area (Å²) >= 11 is 1.43. The van der Waals surface area contributed by atoms with E-state index in [9.17, 15) is 5.11 Å². The Morgan fingerprint density at radius 2 is 2.06 bits per heavy atom. The van der Waals surface area contributed by atoms with E-state index in [-0.39, 0.29) is 6.61 Å². The van der Waals surface area contributed by atoms with E-state index in [4.69, 9.17) is 5.11 Å². The normalized spacial score (nSPS) is 11.8. The van der Waals surface area contributed by atoms with Gasteiger partial charge in [-0.05, 0) is 26.0 Å². The zero-order chi connectivity index (χ0) is 12.5. The van der Waals surface area contributed by atoms with Gasteiger partial charge in [0.05, 0.1) is 23.7 Å². The predicted octanol–water partition coefficient (Wildman–Crippen LogP) is 1.92. The second-order valence-corrected chi connectivity index (χ2v) is 5.13. The van der Waals surface area contributed by atoms with Gasteiger partial charge in [0.1, 0.15) is 10.6 Å². The van der Waals surface area contributed by atoms with E-state index in [1.807, 2.05) is 12.1 Å². The van der Waals surface area contributed by atoms with E-state index in [2.05, 4.69) is 9.97 Å². The molecule has 2 N–H and O–H groups in total. The van der Waals surface area contributed by atoms with Crippen LogP contribution in [0, 0.1) is 0 Å². The molecule has 2 rings (SSSR count). The molecule has 0 atom stereocenters. The summed E-state index contributed by atoms with van der Waals surface area (Å²) in [5.41, 5.74) is 0.998. The molecule has 5 heteroatoms. The number of aliphatic hydroxyl groups excluding tert-OH is 1. The fourth-order valence-corrected chi connectivity index (χ4v) is 2.17. The molecule has 0 unspecified atom stereocenters. The van der Waals surface area contributed by atoms with Gasteiger partial charge in [-0.1, -0.05) is 6.07 Å². The number of pyridine rings is 1. The molecule has 0 amide bonds. The molecule has 2 aromatic heterocycles. The zero-order valence-electron chi connectivity index (χ0n) is 9.71. The SMILES string of the molecule is CC(C)(O)c1cccc(-c2nc(CO)cs2)n1. The van der Waals surface area contributed by atoms with Crippen molar-refractivity contribution in [2.24, 2.45) is 0 Å². The topological polar surface area (TPSA) is 66.2 Å². The number of rotatable bonds is 3. The van der Waals surface area contributed by atoms with Crippen molar-refractivity contribution in [3.63, 3.8) is 0 Å². The van der Waals surface area contributed by atoms with E-state index in [0.717, 1.165) is 5.01 Å². The molecular formula is C12H14N2O2S. The van der Waals surface area contributed by atoms with Crippen molar-refractivity contribution in [2.45, 2.75) is 26.1 Å². The number of aromatic nitrogens is 2. The molecule has 4 nitrogen and oxygen atoms in total. The fourth-order valence-electron chi connectivity index (χ4n) is 1.39. The minimum absolute atomic E-state index is 0.0678. The summed E-state index contributed by atoms with van der Waals surface area (Å²) in [4.78, 5) is 8.62. The predicted molar refractivity (Wildman–Crippen MR) is 66.5 cm³/mol. The Bertz CT molecular complexity index is 517. The molecule has 0 bridgehead atoms. The van der Waals surface area contributed by atoms with Gasteiger partial charge in [-0.3, -0.25) is 0 Å². The van der Waals surface area contributed by atoms with Crippen molar-refractivity contribution in [3.8, 4) is 10.7 Å². The Kier molecular flexibility index (Phi) is 3.24. The number of aliphatic hydroxyl groups is 2. The van der Waals surface area contributed by atoms with Crippen LogP contribution in [0.2, 0.25) is 0 Å². The molecular weight excluding hydrogens is 236 g/mol. The highest BCUT2D eigenvalue weighted by Gasteiger charge is 2.18. The molecule has 2 heterocycles. The monoisotopic (exact) mass is 250 g/mol. The van der Waals surface area contributed by atoms with Gasteiger partial charge in [0.2, 0.25) is 0 Å². The highest BCUT2D eigenvalue weighted by Crippen LogP contribution is 2.25. The molecule has 2 aromatic rings. The smallest absolute Gasteiger partial charge is 0.142 e. The van der Waals surface area contributed by atoms with Gasteiger partial charge >= 0.3 is 0 Å². The van der Waals surface area contributed by atoms with Crippen LogP contribution in [0.5, 0.6) is 0 Å². The standard InChI is InChI=1S/C12H14N2O2S/c1-12(2,16)10-5-3-4-9(14-10)11-13-8(6-15)7-17-11/h3-5,7,15-16H,6H2,1-2H3. The first kappa shape index (κ1) is 12.2. The summed E-state index contributed by atoms with van der Waals surface area (Å²) in [6, 6.07) is 5.47. The first-order valence-corrected chi connectivity index (χ1v) is 6.14. The fraction of sp³-hybridized carbons (Fsp3) is 0.333. The van der Waals surface area contributed by atoms with Crippen LogP contribution in [0.15, 0.2) is 23.6 Å². The third-order valence-corrected chi connectivity index (χ3v) is 3.22. The Morgan fingerprint density at radius 1 is 1.29 bits per heavy atom. The van der Waals surface area contributed by atoms with Crippen LogP contribution in [0.4, 0.5) is 0 Å². The van der Waals surface area contributed by atoms with Crippen molar-refractivity contribution in [1.82, 2.24) is 9.97 Å². The molecule has 0 saturated carbocycles. The van der Waals surface area contributed by atoms with Crippen molar-refractivity contribution in [3.05, 3.63) is 35.0 Å². The van der Waals surface area contributed by atoms with Crippen LogP contribution in [-0.4, -0.2) is 20.2 Å². The number of nitrogens with zero attached hydrogens (tertiary/aromatic N) is 2. The first-order valence-electron chi connectivity index (χ1n) is 5.26. The van der Waals surface area contributed by atoms with Crippen LogP contribution in [0.3, 0.4) is 0 Å². The van der Waals surface area contributed by atoms with Crippen LogP contribution in [0.25, 0.3) is 10.7 Å². The lowest BCUT2D eigenvalue weighted by Gasteiger charge is -2.16. The minimum Gasteiger partial charge on any atom is -0.390 e. The van der Waals surface area contributed by atoms with E-state index >= 15 is 0 Å². The largest absolute Gasteiger partial charge is 0.390 e. The maximum absolute atomic E-state index is 9.89. The molecule has 0 saturated heterocycles. The second kappa shape index (κ2) is 4.52.